The molecule has 3 heterocycles. The van der Waals surface area contributed by atoms with Crippen molar-refractivity contribution < 1.29 is 0 Å². The minimum Gasteiger partial charge on any atom is -0.278 e. The minimum atomic E-state index is 0.647. The topological polar surface area (TPSA) is 30.7 Å². The van der Waals surface area contributed by atoms with Crippen molar-refractivity contribution in [1.29, 1.82) is 0 Å². The minimum absolute atomic E-state index is 0.647. The standard InChI is InChI=1S/C56H33N3S/c1-2-12-34(13-3-1)55-46-26-22-38(37-24-27-54-49(29-37)45-20-10-11-21-53(45)60-54)31-50(46)57-56(58-55)59-51-33-40(23-25-44(51)48-28-35-14-4-5-15-36(35)32-52(48)59)47-30-39-16-6-7-17-41(39)42-18-8-9-19-43(42)47/h1-33H. The van der Waals surface area contributed by atoms with Gasteiger partial charge in [-0.05, 0) is 109 Å². The second-order valence-corrected chi connectivity index (χ2v) is 16.8. The number of rotatable bonds is 4. The summed E-state index contributed by atoms with van der Waals surface area (Å²) >= 11 is 1.85. The smallest absolute Gasteiger partial charge is 0.235 e. The van der Waals surface area contributed by atoms with Crippen LogP contribution in [0.3, 0.4) is 0 Å². The molecular formula is C56H33N3S. The Hall–Kier alpha value is -7.66. The van der Waals surface area contributed by atoms with Crippen LogP contribution in [0.1, 0.15) is 0 Å². The zero-order chi connectivity index (χ0) is 39.3. The summed E-state index contributed by atoms with van der Waals surface area (Å²) in [6.07, 6.45) is 0. The van der Waals surface area contributed by atoms with Gasteiger partial charge in [0.2, 0.25) is 5.95 Å². The van der Waals surface area contributed by atoms with Crippen LogP contribution in [0.2, 0.25) is 0 Å². The first-order valence-corrected chi connectivity index (χ1v) is 21.2. The van der Waals surface area contributed by atoms with Crippen LogP contribution in [-0.2, 0) is 0 Å². The van der Waals surface area contributed by atoms with Gasteiger partial charge in [0, 0.05) is 41.9 Å². The van der Waals surface area contributed by atoms with E-state index < -0.39 is 0 Å². The van der Waals surface area contributed by atoms with E-state index in [9.17, 15) is 0 Å². The Morgan fingerprint density at radius 2 is 0.967 bits per heavy atom. The summed E-state index contributed by atoms with van der Waals surface area (Å²) in [5, 5.41) is 13.3. The van der Waals surface area contributed by atoms with Crippen LogP contribution in [0.25, 0.3) is 125 Å². The Bertz CT molecular complexity index is 3900. The lowest BCUT2D eigenvalue weighted by atomic mass is 9.93. The molecule has 0 fully saturated rings. The summed E-state index contributed by atoms with van der Waals surface area (Å²) < 4.78 is 4.90. The van der Waals surface area contributed by atoms with Crippen LogP contribution in [0.4, 0.5) is 0 Å². The highest BCUT2D eigenvalue weighted by Crippen LogP contribution is 2.42. The number of fused-ring (bicyclic) bond motifs is 11. The summed E-state index contributed by atoms with van der Waals surface area (Å²) in [7, 11) is 0. The first kappa shape index (κ1) is 33.3. The van der Waals surface area contributed by atoms with Crippen LogP contribution in [-0.4, -0.2) is 14.5 Å². The van der Waals surface area contributed by atoms with Crippen molar-refractivity contribution in [2.75, 3.05) is 0 Å². The molecule has 0 bridgehead atoms. The van der Waals surface area contributed by atoms with E-state index in [0.29, 0.717) is 5.95 Å². The molecule has 60 heavy (non-hydrogen) atoms. The highest BCUT2D eigenvalue weighted by atomic mass is 32.1. The van der Waals surface area contributed by atoms with Gasteiger partial charge in [-0.1, -0.05) is 146 Å². The van der Waals surface area contributed by atoms with Crippen molar-refractivity contribution in [2.24, 2.45) is 0 Å². The van der Waals surface area contributed by atoms with Gasteiger partial charge in [0.05, 0.1) is 22.2 Å². The van der Waals surface area contributed by atoms with Crippen LogP contribution in [0.15, 0.2) is 200 Å². The van der Waals surface area contributed by atoms with Crippen molar-refractivity contribution >= 4 is 96.5 Å². The fraction of sp³-hybridized carbons (Fsp3) is 0. The Kier molecular flexibility index (Phi) is 7.18. The predicted octanol–water partition coefficient (Wildman–Crippen LogP) is 15.6. The van der Waals surface area contributed by atoms with Gasteiger partial charge in [-0.3, -0.25) is 4.57 Å². The summed E-state index contributed by atoms with van der Waals surface area (Å²) in [4.78, 5) is 11.0. The van der Waals surface area contributed by atoms with E-state index in [1.807, 2.05) is 11.3 Å². The largest absolute Gasteiger partial charge is 0.278 e. The highest BCUT2D eigenvalue weighted by Gasteiger charge is 2.20. The third kappa shape index (κ3) is 5.08. The molecular weight excluding hydrogens is 747 g/mol. The summed E-state index contributed by atoms with van der Waals surface area (Å²) in [6.45, 7) is 0. The molecule has 0 aliphatic rings. The molecule has 4 heteroatoms. The van der Waals surface area contributed by atoms with E-state index in [1.54, 1.807) is 0 Å². The third-order valence-corrected chi connectivity index (χ3v) is 13.5. The molecule has 3 aromatic heterocycles. The second-order valence-electron chi connectivity index (χ2n) is 15.8. The maximum absolute atomic E-state index is 5.52. The molecule has 0 amide bonds. The number of hydrogen-bond acceptors (Lipinski definition) is 3. The molecule has 10 aromatic carbocycles. The average Bonchev–Trinajstić information content (AvgIpc) is 3.84. The fourth-order valence-corrected chi connectivity index (χ4v) is 10.6. The lowest BCUT2D eigenvalue weighted by Gasteiger charge is -2.14. The molecule has 0 atom stereocenters. The summed E-state index contributed by atoms with van der Waals surface area (Å²) in [6, 6.07) is 72.8. The van der Waals surface area contributed by atoms with Gasteiger partial charge < -0.3 is 0 Å². The molecule has 0 N–H and O–H groups in total. The van der Waals surface area contributed by atoms with Gasteiger partial charge in [0.1, 0.15) is 0 Å². The van der Waals surface area contributed by atoms with E-state index in [-0.39, 0.29) is 0 Å². The van der Waals surface area contributed by atoms with Gasteiger partial charge in [0.15, 0.2) is 0 Å². The van der Waals surface area contributed by atoms with Gasteiger partial charge in [0.25, 0.3) is 0 Å². The Balaban J connectivity index is 1.10. The molecule has 0 saturated carbocycles. The first-order chi connectivity index (χ1) is 29.7. The number of aromatic nitrogens is 3. The van der Waals surface area contributed by atoms with E-state index in [0.717, 1.165) is 44.3 Å². The van der Waals surface area contributed by atoms with Crippen molar-refractivity contribution in [3.8, 4) is 39.5 Å². The second kappa shape index (κ2) is 12.9. The number of hydrogen-bond donors (Lipinski definition) is 0. The van der Waals surface area contributed by atoms with Crippen molar-refractivity contribution in [2.45, 2.75) is 0 Å². The summed E-state index contributed by atoms with van der Waals surface area (Å²) in [5.74, 6) is 0.647. The Labute approximate surface area is 349 Å². The third-order valence-electron chi connectivity index (χ3n) is 12.4. The normalized spacial score (nSPS) is 12.0. The summed E-state index contributed by atoms with van der Waals surface area (Å²) in [5.41, 5.74) is 9.67. The predicted molar refractivity (Wildman–Crippen MR) is 256 cm³/mol. The van der Waals surface area contributed by atoms with Gasteiger partial charge >= 0.3 is 0 Å². The van der Waals surface area contributed by atoms with Crippen molar-refractivity contribution in [3.63, 3.8) is 0 Å². The molecule has 0 aliphatic carbocycles. The molecule has 13 aromatic rings. The van der Waals surface area contributed by atoms with Crippen LogP contribution >= 0.6 is 11.3 Å². The number of thiophene rings is 1. The van der Waals surface area contributed by atoms with Crippen molar-refractivity contribution in [3.05, 3.63) is 200 Å². The fourth-order valence-electron chi connectivity index (χ4n) is 9.50. The molecule has 0 radical (unpaired) electrons. The zero-order valence-corrected chi connectivity index (χ0v) is 33.1. The van der Waals surface area contributed by atoms with Crippen LogP contribution < -0.4 is 0 Å². The van der Waals surface area contributed by atoms with Gasteiger partial charge in [-0.25, -0.2) is 9.97 Å². The molecule has 0 aliphatic heterocycles. The van der Waals surface area contributed by atoms with E-state index >= 15 is 0 Å². The lowest BCUT2D eigenvalue weighted by molar-refractivity contribution is 1.01. The molecule has 0 unspecified atom stereocenters. The van der Waals surface area contributed by atoms with Crippen molar-refractivity contribution in [1.82, 2.24) is 14.5 Å². The van der Waals surface area contributed by atoms with E-state index in [2.05, 4.69) is 205 Å². The monoisotopic (exact) mass is 779 g/mol. The van der Waals surface area contributed by atoms with Gasteiger partial charge in [-0.15, -0.1) is 11.3 Å². The van der Waals surface area contributed by atoms with Gasteiger partial charge in [-0.2, -0.15) is 0 Å². The number of benzene rings is 10. The SMILES string of the molecule is c1ccc(-c2nc(-n3c4cc(-c5cc6ccccc6c6ccccc56)ccc4c4cc5ccccc5cc43)nc3cc(-c4ccc5sc6ccccc6c5c4)ccc23)cc1. The lowest BCUT2D eigenvalue weighted by Crippen LogP contribution is -2.04. The molecule has 3 nitrogen and oxygen atoms in total. The number of nitrogens with zero attached hydrogens (tertiary/aromatic N) is 3. The molecule has 278 valence electrons. The quantitative estimate of drug-likeness (QED) is 0.167. The molecule has 13 rings (SSSR count). The maximum atomic E-state index is 5.52. The Morgan fingerprint density at radius 3 is 1.83 bits per heavy atom. The molecule has 0 spiro atoms. The van der Waals surface area contributed by atoms with E-state index in [4.69, 9.17) is 9.97 Å². The Morgan fingerprint density at radius 1 is 0.333 bits per heavy atom. The molecule has 0 saturated heterocycles. The van der Waals surface area contributed by atoms with E-state index in [1.165, 1.54) is 74.4 Å². The van der Waals surface area contributed by atoms with Crippen LogP contribution in [0, 0.1) is 0 Å². The highest BCUT2D eigenvalue weighted by molar-refractivity contribution is 7.25. The maximum Gasteiger partial charge on any atom is 0.235 e. The zero-order valence-electron chi connectivity index (χ0n) is 32.3. The average molecular weight is 780 g/mol. The van der Waals surface area contributed by atoms with Crippen LogP contribution in [0.5, 0.6) is 0 Å². The first-order valence-electron chi connectivity index (χ1n) is 20.4.